The molecular weight excluding hydrogens is 158 g/mol. The minimum absolute atomic E-state index is 0.105. The predicted octanol–water partition coefficient (Wildman–Crippen LogP) is 3.04. The molecule has 70 valence electrons. The molecule has 0 amide bonds. The third-order valence-corrected chi connectivity index (χ3v) is 2.24. The van der Waals surface area contributed by atoms with Crippen LogP contribution in [-0.4, -0.2) is 0 Å². The van der Waals surface area contributed by atoms with Crippen molar-refractivity contribution in [3.8, 4) is 0 Å². The van der Waals surface area contributed by atoms with E-state index in [-0.39, 0.29) is 6.04 Å². The number of benzene rings is 1. The van der Waals surface area contributed by atoms with E-state index in [2.05, 4.69) is 25.6 Å². The Bertz CT molecular complexity index is 264. The lowest BCUT2D eigenvalue weighted by Gasteiger charge is -2.12. The van der Waals surface area contributed by atoms with Crippen molar-refractivity contribution in [2.75, 3.05) is 0 Å². The van der Waals surface area contributed by atoms with Gasteiger partial charge in [-0.25, -0.2) is 0 Å². The summed E-state index contributed by atoms with van der Waals surface area (Å²) in [6.45, 7) is 6.07. The van der Waals surface area contributed by atoms with E-state index in [0.29, 0.717) is 0 Å². The molecule has 13 heavy (non-hydrogen) atoms. The lowest BCUT2D eigenvalue weighted by atomic mass is 9.99. The number of hydrogen-bond acceptors (Lipinski definition) is 1. The minimum Gasteiger partial charge on any atom is -0.324 e. The van der Waals surface area contributed by atoms with Gasteiger partial charge in [0.25, 0.3) is 0 Å². The maximum atomic E-state index is 6.01. The van der Waals surface area contributed by atoms with Gasteiger partial charge in [-0.05, 0) is 18.4 Å². The Balaban J connectivity index is 2.59. The van der Waals surface area contributed by atoms with Crippen LogP contribution in [0.25, 0.3) is 0 Å². The van der Waals surface area contributed by atoms with Gasteiger partial charge in [0.15, 0.2) is 0 Å². The van der Waals surface area contributed by atoms with Crippen molar-refractivity contribution in [1.29, 1.82) is 0 Å². The van der Waals surface area contributed by atoms with E-state index in [4.69, 9.17) is 5.73 Å². The van der Waals surface area contributed by atoms with Gasteiger partial charge in [-0.2, -0.15) is 0 Å². The molecule has 2 N–H and O–H groups in total. The van der Waals surface area contributed by atoms with E-state index in [1.165, 1.54) is 11.1 Å². The molecule has 0 saturated carbocycles. The smallest absolute Gasteiger partial charge is 0.0332 e. The first-order valence-corrected chi connectivity index (χ1v) is 4.71. The molecule has 0 saturated heterocycles. The van der Waals surface area contributed by atoms with Gasteiger partial charge in [0.2, 0.25) is 0 Å². The molecule has 0 heterocycles. The van der Waals surface area contributed by atoms with E-state index < -0.39 is 0 Å². The molecule has 1 rings (SSSR count). The Morgan fingerprint density at radius 1 is 1.38 bits per heavy atom. The van der Waals surface area contributed by atoms with Crippen LogP contribution in [0, 0.1) is 0 Å². The van der Waals surface area contributed by atoms with Crippen LogP contribution < -0.4 is 5.73 Å². The van der Waals surface area contributed by atoms with Crippen LogP contribution in [0.4, 0.5) is 0 Å². The summed E-state index contributed by atoms with van der Waals surface area (Å²) >= 11 is 0. The van der Waals surface area contributed by atoms with Gasteiger partial charge >= 0.3 is 0 Å². The molecule has 0 fully saturated rings. The molecule has 0 radical (unpaired) electrons. The molecular formula is C12H17N. The van der Waals surface area contributed by atoms with E-state index in [1.807, 2.05) is 18.2 Å². The topological polar surface area (TPSA) is 26.0 Å². The quantitative estimate of drug-likeness (QED) is 0.699. The zero-order chi connectivity index (χ0) is 9.68. The number of hydrogen-bond donors (Lipinski definition) is 1. The second-order valence-corrected chi connectivity index (χ2v) is 3.32. The van der Waals surface area contributed by atoms with Gasteiger partial charge in [0, 0.05) is 6.04 Å². The molecule has 1 nitrogen and oxygen atoms in total. The van der Waals surface area contributed by atoms with Crippen molar-refractivity contribution in [2.24, 2.45) is 5.73 Å². The van der Waals surface area contributed by atoms with Gasteiger partial charge < -0.3 is 5.73 Å². The molecule has 1 aromatic rings. The van der Waals surface area contributed by atoms with Crippen molar-refractivity contribution < 1.29 is 0 Å². The van der Waals surface area contributed by atoms with Crippen LogP contribution in [0.3, 0.4) is 0 Å². The van der Waals surface area contributed by atoms with Gasteiger partial charge in [-0.3, -0.25) is 0 Å². The highest BCUT2D eigenvalue weighted by Crippen LogP contribution is 2.18. The normalized spacial score (nSPS) is 12.5. The highest BCUT2D eigenvalue weighted by atomic mass is 14.6. The van der Waals surface area contributed by atoms with Crippen molar-refractivity contribution in [1.82, 2.24) is 0 Å². The average Bonchev–Trinajstić information content (AvgIpc) is 2.19. The summed E-state index contributed by atoms with van der Waals surface area (Å²) in [5, 5.41) is 0. The molecule has 1 atom stereocenters. The van der Waals surface area contributed by atoms with E-state index in [0.717, 1.165) is 12.8 Å². The number of rotatable bonds is 4. The molecule has 0 aliphatic rings. The third kappa shape index (κ3) is 3.03. The summed E-state index contributed by atoms with van der Waals surface area (Å²) in [6.07, 6.45) is 1.90. The molecule has 0 bridgehead atoms. The summed E-state index contributed by atoms with van der Waals surface area (Å²) in [4.78, 5) is 0. The summed E-state index contributed by atoms with van der Waals surface area (Å²) in [5.41, 5.74) is 8.42. The van der Waals surface area contributed by atoms with Crippen LogP contribution >= 0.6 is 0 Å². The second-order valence-electron chi connectivity index (χ2n) is 3.32. The zero-order valence-corrected chi connectivity index (χ0v) is 8.16. The molecule has 1 unspecified atom stereocenters. The largest absolute Gasteiger partial charge is 0.324 e. The SMILES string of the molecule is C=C(CC)CC(N)c1ccccc1. The summed E-state index contributed by atoms with van der Waals surface area (Å²) in [6, 6.07) is 10.3. The average molecular weight is 175 g/mol. The lowest BCUT2D eigenvalue weighted by molar-refractivity contribution is 0.701. The molecule has 1 aromatic carbocycles. The summed E-state index contributed by atoms with van der Waals surface area (Å²) in [5.74, 6) is 0. The van der Waals surface area contributed by atoms with Gasteiger partial charge in [0.1, 0.15) is 0 Å². The Morgan fingerprint density at radius 2 is 2.00 bits per heavy atom. The predicted molar refractivity (Wildman–Crippen MR) is 57.4 cm³/mol. The van der Waals surface area contributed by atoms with Crippen molar-refractivity contribution in [3.05, 3.63) is 48.0 Å². The van der Waals surface area contributed by atoms with Gasteiger partial charge in [-0.1, -0.05) is 49.4 Å². The van der Waals surface area contributed by atoms with Crippen LogP contribution in [-0.2, 0) is 0 Å². The van der Waals surface area contributed by atoms with Gasteiger partial charge in [-0.15, -0.1) is 0 Å². The molecule has 1 heteroatoms. The summed E-state index contributed by atoms with van der Waals surface area (Å²) in [7, 11) is 0. The Labute approximate surface area is 80.3 Å². The first-order valence-electron chi connectivity index (χ1n) is 4.71. The maximum absolute atomic E-state index is 6.01. The highest BCUT2D eigenvalue weighted by molar-refractivity contribution is 5.20. The maximum Gasteiger partial charge on any atom is 0.0332 e. The van der Waals surface area contributed by atoms with Crippen LogP contribution in [0.5, 0.6) is 0 Å². The van der Waals surface area contributed by atoms with Crippen LogP contribution in [0.2, 0.25) is 0 Å². The van der Waals surface area contributed by atoms with Crippen LogP contribution in [0.15, 0.2) is 42.5 Å². The summed E-state index contributed by atoms with van der Waals surface area (Å²) < 4.78 is 0. The Morgan fingerprint density at radius 3 is 2.54 bits per heavy atom. The Kier molecular flexibility index (Phi) is 3.71. The van der Waals surface area contributed by atoms with Crippen molar-refractivity contribution in [3.63, 3.8) is 0 Å². The number of nitrogens with two attached hydrogens (primary N) is 1. The molecule has 0 aliphatic carbocycles. The van der Waals surface area contributed by atoms with Crippen molar-refractivity contribution >= 4 is 0 Å². The van der Waals surface area contributed by atoms with E-state index in [9.17, 15) is 0 Å². The van der Waals surface area contributed by atoms with E-state index in [1.54, 1.807) is 0 Å². The fraction of sp³-hybridized carbons (Fsp3) is 0.333. The fourth-order valence-electron chi connectivity index (χ4n) is 1.27. The standard InChI is InChI=1S/C12H17N/c1-3-10(2)9-12(13)11-7-5-4-6-8-11/h4-8,12H,2-3,9,13H2,1H3. The fourth-order valence-corrected chi connectivity index (χ4v) is 1.27. The first kappa shape index (κ1) is 10.0. The third-order valence-electron chi connectivity index (χ3n) is 2.24. The zero-order valence-electron chi connectivity index (χ0n) is 8.16. The van der Waals surface area contributed by atoms with E-state index >= 15 is 0 Å². The first-order chi connectivity index (χ1) is 6.24. The Hall–Kier alpha value is -1.08. The molecule has 0 spiro atoms. The monoisotopic (exact) mass is 175 g/mol. The molecule has 0 aromatic heterocycles. The lowest BCUT2D eigenvalue weighted by Crippen LogP contribution is -2.10. The van der Waals surface area contributed by atoms with Crippen LogP contribution in [0.1, 0.15) is 31.4 Å². The second kappa shape index (κ2) is 4.83. The minimum atomic E-state index is 0.105. The van der Waals surface area contributed by atoms with Gasteiger partial charge in [0.05, 0.1) is 0 Å². The van der Waals surface area contributed by atoms with Crippen molar-refractivity contribution in [2.45, 2.75) is 25.8 Å². The molecule has 0 aliphatic heterocycles. The highest BCUT2D eigenvalue weighted by Gasteiger charge is 2.05.